The average molecular weight is 349 g/mol. The normalized spacial score (nSPS) is 12.1. The minimum atomic E-state index is 0.0109. The molecule has 0 bridgehead atoms. The fraction of sp³-hybridized carbons (Fsp3) is 0.294. The quantitative estimate of drug-likeness (QED) is 0.587. The molecule has 21 heavy (non-hydrogen) atoms. The molecule has 0 saturated heterocycles. The Balaban J connectivity index is 2.23. The van der Waals surface area contributed by atoms with Gasteiger partial charge in [0, 0.05) is 10.0 Å². The van der Waals surface area contributed by atoms with Gasteiger partial charge in [-0.1, -0.05) is 59.3 Å². The molecule has 0 aliphatic carbocycles. The summed E-state index contributed by atoms with van der Waals surface area (Å²) in [5, 5.41) is 0. The van der Waals surface area contributed by atoms with Crippen molar-refractivity contribution >= 4 is 15.9 Å². The Morgan fingerprint density at radius 1 is 1.14 bits per heavy atom. The monoisotopic (exact) mass is 348 g/mol. The summed E-state index contributed by atoms with van der Waals surface area (Å²) in [7, 11) is 0. The van der Waals surface area contributed by atoms with Gasteiger partial charge in [0.25, 0.3) is 0 Å². The van der Waals surface area contributed by atoms with E-state index < -0.39 is 0 Å². The van der Waals surface area contributed by atoms with E-state index in [0.717, 1.165) is 28.6 Å². The van der Waals surface area contributed by atoms with Crippen molar-refractivity contribution in [3.8, 4) is 5.75 Å². The molecule has 2 aromatic rings. The predicted molar refractivity (Wildman–Crippen MR) is 90.1 cm³/mol. The lowest BCUT2D eigenvalue weighted by Crippen LogP contribution is -2.30. The first-order chi connectivity index (χ1) is 10.3. The van der Waals surface area contributed by atoms with Crippen molar-refractivity contribution in [3.63, 3.8) is 0 Å². The van der Waals surface area contributed by atoms with E-state index in [9.17, 15) is 0 Å². The molecule has 0 fully saturated rings. The highest BCUT2D eigenvalue weighted by Gasteiger charge is 2.16. The molecule has 4 heteroatoms. The Morgan fingerprint density at radius 3 is 2.57 bits per heavy atom. The molecule has 0 saturated carbocycles. The third kappa shape index (κ3) is 4.30. The first-order valence-corrected chi connectivity index (χ1v) is 7.96. The highest BCUT2D eigenvalue weighted by molar-refractivity contribution is 9.10. The van der Waals surface area contributed by atoms with Crippen molar-refractivity contribution in [2.75, 3.05) is 6.61 Å². The molecule has 0 aromatic heterocycles. The molecule has 0 radical (unpaired) electrons. The molecule has 3 nitrogen and oxygen atoms in total. The number of hydrazine groups is 1. The molecule has 2 rings (SSSR count). The highest BCUT2D eigenvalue weighted by Crippen LogP contribution is 2.29. The van der Waals surface area contributed by atoms with Crippen LogP contribution in [0.4, 0.5) is 0 Å². The number of benzene rings is 2. The highest BCUT2D eigenvalue weighted by atomic mass is 79.9. The zero-order valence-corrected chi connectivity index (χ0v) is 13.8. The van der Waals surface area contributed by atoms with E-state index in [-0.39, 0.29) is 6.04 Å². The van der Waals surface area contributed by atoms with Crippen LogP contribution in [0.15, 0.2) is 53.0 Å². The number of ether oxygens (including phenoxy) is 1. The maximum absolute atomic E-state index is 5.83. The number of hydrogen-bond donors (Lipinski definition) is 2. The van der Waals surface area contributed by atoms with Gasteiger partial charge >= 0.3 is 0 Å². The SMILES string of the molecule is CCCOc1ccccc1C(Cc1ccccc1Br)NN. The minimum Gasteiger partial charge on any atom is -0.493 e. The molecule has 1 unspecified atom stereocenters. The fourth-order valence-electron chi connectivity index (χ4n) is 2.25. The third-order valence-corrected chi connectivity index (χ3v) is 4.11. The summed E-state index contributed by atoms with van der Waals surface area (Å²) in [6.07, 6.45) is 1.78. The number of nitrogens with one attached hydrogen (secondary N) is 1. The Labute approximate surface area is 134 Å². The molecular formula is C17H21BrN2O. The van der Waals surface area contributed by atoms with Gasteiger partial charge < -0.3 is 4.74 Å². The molecule has 0 heterocycles. The molecule has 0 aliphatic rings. The lowest BCUT2D eigenvalue weighted by atomic mass is 9.98. The van der Waals surface area contributed by atoms with E-state index in [1.165, 1.54) is 5.56 Å². The summed E-state index contributed by atoms with van der Waals surface area (Å²) in [6, 6.07) is 16.3. The van der Waals surface area contributed by atoms with Gasteiger partial charge in [0.1, 0.15) is 5.75 Å². The lowest BCUT2D eigenvalue weighted by Gasteiger charge is -2.20. The maximum Gasteiger partial charge on any atom is 0.124 e. The topological polar surface area (TPSA) is 47.3 Å². The van der Waals surface area contributed by atoms with Crippen molar-refractivity contribution in [1.29, 1.82) is 0 Å². The minimum absolute atomic E-state index is 0.0109. The van der Waals surface area contributed by atoms with Crippen LogP contribution in [0.3, 0.4) is 0 Å². The Morgan fingerprint density at radius 2 is 1.86 bits per heavy atom. The number of hydrogen-bond acceptors (Lipinski definition) is 3. The van der Waals surface area contributed by atoms with Crippen LogP contribution >= 0.6 is 15.9 Å². The largest absolute Gasteiger partial charge is 0.493 e. The van der Waals surface area contributed by atoms with E-state index in [1.54, 1.807) is 0 Å². The molecule has 0 amide bonds. The molecule has 3 N–H and O–H groups in total. The number of nitrogens with two attached hydrogens (primary N) is 1. The summed E-state index contributed by atoms with van der Waals surface area (Å²) in [4.78, 5) is 0. The van der Waals surface area contributed by atoms with Gasteiger partial charge in [-0.25, -0.2) is 0 Å². The van der Waals surface area contributed by atoms with Crippen LogP contribution in [-0.2, 0) is 6.42 Å². The smallest absolute Gasteiger partial charge is 0.124 e. The Hall–Kier alpha value is -1.36. The number of para-hydroxylation sites is 1. The van der Waals surface area contributed by atoms with E-state index >= 15 is 0 Å². The van der Waals surface area contributed by atoms with Crippen LogP contribution in [-0.4, -0.2) is 6.61 Å². The van der Waals surface area contributed by atoms with Crippen LogP contribution in [0.5, 0.6) is 5.75 Å². The van der Waals surface area contributed by atoms with E-state index in [0.29, 0.717) is 6.61 Å². The van der Waals surface area contributed by atoms with Crippen LogP contribution in [0.25, 0.3) is 0 Å². The van der Waals surface area contributed by atoms with Crippen LogP contribution in [0.1, 0.15) is 30.5 Å². The molecule has 112 valence electrons. The molecular weight excluding hydrogens is 328 g/mol. The van der Waals surface area contributed by atoms with Crippen LogP contribution < -0.4 is 16.0 Å². The van der Waals surface area contributed by atoms with Crippen molar-refractivity contribution in [1.82, 2.24) is 5.43 Å². The fourth-order valence-corrected chi connectivity index (χ4v) is 2.70. The first kappa shape index (κ1) is 16.0. The molecule has 0 spiro atoms. The van der Waals surface area contributed by atoms with Gasteiger partial charge in [-0.05, 0) is 30.5 Å². The van der Waals surface area contributed by atoms with Gasteiger partial charge in [0.05, 0.1) is 12.6 Å². The van der Waals surface area contributed by atoms with Crippen molar-refractivity contribution in [2.45, 2.75) is 25.8 Å². The van der Waals surface area contributed by atoms with Gasteiger partial charge in [0.2, 0.25) is 0 Å². The summed E-state index contributed by atoms with van der Waals surface area (Å²) in [5.41, 5.74) is 5.21. The van der Waals surface area contributed by atoms with Gasteiger partial charge in [0.15, 0.2) is 0 Å². The van der Waals surface area contributed by atoms with Crippen LogP contribution in [0, 0.1) is 0 Å². The second-order valence-electron chi connectivity index (χ2n) is 4.90. The Bertz CT molecular complexity index is 574. The lowest BCUT2D eigenvalue weighted by molar-refractivity contribution is 0.310. The standard InChI is InChI=1S/C17H21BrN2O/c1-2-11-21-17-10-6-4-8-14(17)16(20-19)12-13-7-3-5-9-15(13)18/h3-10,16,20H,2,11-12,19H2,1H3. The average Bonchev–Trinajstić information content (AvgIpc) is 2.52. The zero-order valence-electron chi connectivity index (χ0n) is 12.2. The van der Waals surface area contributed by atoms with Crippen molar-refractivity contribution in [2.24, 2.45) is 5.84 Å². The van der Waals surface area contributed by atoms with Crippen molar-refractivity contribution in [3.05, 3.63) is 64.1 Å². The van der Waals surface area contributed by atoms with Crippen LogP contribution in [0.2, 0.25) is 0 Å². The number of halogens is 1. The number of rotatable bonds is 7. The maximum atomic E-state index is 5.83. The first-order valence-electron chi connectivity index (χ1n) is 7.17. The van der Waals surface area contributed by atoms with Gasteiger partial charge in [-0.2, -0.15) is 0 Å². The molecule has 0 aliphatic heterocycles. The second kappa shape index (κ2) is 8.17. The summed E-state index contributed by atoms with van der Waals surface area (Å²) < 4.78 is 6.92. The summed E-state index contributed by atoms with van der Waals surface area (Å²) in [6.45, 7) is 2.81. The molecule has 2 aromatic carbocycles. The molecule has 1 atom stereocenters. The van der Waals surface area contributed by atoms with E-state index in [1.807, 2.05) is 36.4 Å². The van der Waals surface area contributed by atoms with E-state index in [2.05, 4.69) is 40.4 Å². The van der Waals surface area contributed by atoms with Crippen molar-refractivity contribution < 1.29 is 4.74 Å². The summed E-state index contributed by atoms with van der Waals surface area (Å²) >= 11 is 3.59. The van der Waals surface area contributed by atoms with Gasteiger partial charge in [-0.3, -0.25) is 11.3 Å². The summed E-state index contributed by atoms with van der Waals surface area (Å²) in [5.74, 6) is 6.68. The zero-order chi connectivity index (χ0) is 15.1. The Kier molecular flexibility index (Phi) is 6.23. The van der Waals surface area contributed by atoms with E-state index in [4.69, 9.17) is 10.6 Å². The van der Waals surface area contributed by atoms with Gasteiger partial charge in [-0.15, -0.1) is 0 Å². The predicted octanol–water partition coefficient (Wildman–Crippen LogP) is 3.99. The third-order valence-electron chi connectivity index (χ3n) is 3.34. The second-order valence-corrected chi connectivity index (χ2v) is 5.76.